The van der Waals surface area contributed by atoms with Crippen LogP contribution in [0.3, 0.4) is 0 Å². The van der Waals surface area contributed by atoms with Crippen LogP contribution >= 0.6 is 0 Å². The molecule has 0 spiro atoms. The Morgan fingerprint density at radius 2 is 1.29 bits per heavy atom. The summed E-state index contributed by atoms with van der Waals surface area (Å²) in [7, 11) is 0. The molecule has 1 saturated carbocycles. The van der Waals surface area contributed by atoms with Gasteiger partial charge >= 0.3 is 0 Å². The molecule has 2 nitrogen and oxygen atoms in total. The highest BCUT2D eigenvalue weighted by atomic mass is 16.5. The average molecular weight is 240 g/mol. The van der Waals surface area contributed by atoms with Gasteiger partial charge in [0.25, 0.3) is 0 Å². The lowest BCUT2D eigenvalue weighted by Crippen LogP contribution is -2.35. The molecule has 1 atom stereocenters. The van der Waals surface area contributed by atoms with Gasteiger partial charge in [-0.3, -0.25) is 0 Å². The predicted molar refractivity (Wildman–Crippen MR) is 69.8 cm³/mol. The Labute approximate surface area is 106 Å². The zero-order valence-corrected chi connectivity index (χ0v) is 11.4. The van der Waals surface area contributed by atoms with Crippen molar-refractivity contribution in [3.63, 3.8) is 0 Å². The van der Waals surface area contributed by atoms with Crippen molar-refractivity contribution in [3.05, 3.63) is 0 Å². The largest absolute Gasteiger partial charge is 0.393 e. The van der Waals surface area contributed by atoms with Crippen molar-refractivity contribution in [2.24, 2.45) is 23.7 Å². The summed E-state index contributed by atoms with van der Waals surface area (Å²) < 4.78 is 5.37. The maximum atomic E-state index is 10.5. The van der Waals surface area contributed by atoms with Gasteiger partial charge in [-0.05, 0) is 62.2 Å². The topological polar surface area (TPSA) is 29.5 Å². The van der Waals surface area contributed by atoms with E-state index in [1.807, 2.05) is 0 Å². The first-order chi connectivity index (χ1) is 8.18. The molecule has 0 bridgehead atoms. The van der Waals surface area contributed by atoms with Crippen LogP contribution in [0.25, 0.3) is 0 Å². The maximum Gasteiger partial charge on any atom is 0.0598 e. The summed E-state index contributed by atoms with van der Waals surface area (Å²) in [6.07, 6.45) is 7.18. The van der Waals surface area contributed by atoms with Crippen molar-refractivity contribution in [3.8, 4) is 0 Å². The van der Waals surface area contributed by atoms with Gasteiger partial charge in [0.15, 0.2) is 0 Å². The van der Waals surface area contributed by atoms with Crippen molar-refractivity contribution < 1.29 is 9.84 Å². The minimum absolute atomic E-state index is 0.0630. The van der Waals surface area contributed by atoms with Crippen LogP contribution < -0.4 is 0 Å². The molecule has 1 heterocycles. The molecule has 1 aliphatic carbocycles. The van der Waals surface area contributed by atoms with Crippen LogP contribution in [-0.2, 0) is 4.74 Å². The Bertz CT molecular complexity index is 213. The fourth-order valence-electron chi connectivity index (χ4n) is 3.60. The third-order valence-corrected chi connectivity index (χ3v) is 4.99. The highest BCUT2D eigenvalue weighted by molar-refractivity contribution is 4.83. The molecule has 0 aromatic carbocycles. The van der Waals surface area contributed by atoms with Crippen molar-refractivity contribution in [2.75, 3.05) is 13.2 Å². The molecular formula is C15H28O2. The van der Waals surface area contributed by atoms with Gasteiger partial charge in [-0.1, -0.05) is 13.8 Å². The molecule has 2 heteroatoms. The van der Waals surface area contributed by atoms with Gasteiger partial charge in [-0.25, -0.2) is 0 Å². The molecule has 100 valence electrons. The first-order valence-electron chi connectivity index (χ1n) is 7.44. The molecule has 0 radical (unpaired) electrons. The second-order valence-electron chi connectivity index (χ2n) is 6.36. The van der Waals surface area contributed by atoms with Crippen molar-refractivity contribution in [2.45, 2.75) is 58.5 Å². The third kappa shape index (κ3) is 3.45. The van der Waals surface area contributed by atoms with Gasteiger partial charge in [0.2, 0.25) is 0 Å². The monoisotopic (exact) mass is 240 g/mol. The first kappa shape index (κ1) is 13.4. The van der Waals surface area contributed by atoms with E-state index in [9.17, 15) is 5.11 Å². The summed E-state index contributed by atoms with van der Waals surface area (Å²) in [5.41, 5.74) is 0. The molecule has 0 aromatic rings. The fourth-order valence-corrected chi connectivity index (χ4v) is 3.60. The minimum Gasteiger partial charge on any atom is -0.393 e. The SMILES string of the molecule is CC(C)C1CCC(C(O)C2CCOCC2)CC1. The molecule has 1 saturated heterocycles. The van der Waals surface area contributed by atoms with E-state index in [-0.39, 0.29) is 6.10 Å². The quantitative estimate of drug-likeness (QED) is 0.820. The molecule has 1 N–H and O–H groups in total. The Morgan fingerprint density at radius 3 is 1.82 bits per heavy atom. The van der Waals surface area contributed by atoms with Crippen LogP contribution in [0.5, 0.6) is 0 Å². The predicted octanol–water partition coefficient (Wildman–Crippen LogP) is 3.24. The van der Waals surface area contributed by atoms with Crippen LogP contribution in [0, 0.1) is 23.7 Å². The molecule has 0 amide bonds. The Kier molecular flexibility index (Phi) is 4.87. The molecular weight excluding hydrogens is 212 g/mol. The molecule has 1 aliphatic heterocycles. The minimum atomic E-state index is -0.0630. The number of aliphatic hydroxyl groups is 1. The van der Waals surface area contributed by atoms with Crippen LogP contribution in [0.15, 0.2) is 0 Å². The van der Waals surface area contributed by atoms with Gasteiger partial charge in [0, 0.05) is 13.2 Å². The molecule has 2 rings (SSSR count). The van der Waals surface area contributed by atoms with E-state index < -0.39 is 0 Å². The standard InChI is InChI=1S/C15H28O2/c1-11(2)12-3-5-13(6-4-12)15(16)14-7-9-17-10-8-14/h11-16H,3-10H2,1-2H3. The number of aliphatic hydroxyl groups excluding tert-OH is 1. The zero-order valence-electron chi connectivity index (χ0n) is 11.4. The second-order valence-corrected chi connectivity index (χ2v) is 6.36. The lowest BCUT2D eigenvalue weighted by atomic mass is 9.72. The summed E-state index contributed by atoms with van der Waals surface area (Å²) in [6.45, 7) is 6.37. The molecule has 0 aromatic heterocycles. The van der Waals surface area contributed by atoms with Gasteiger partial charge in [-0.15, -0.1) is 0 Å². The summed E-state index contributed by atoms with van der Waals surface area (Å²) in [5.74, 6) is 2.78. The molecule has 17 heavy (non-hydrogen) atoms. The lowest BCUT2D eigenvalue weighted by Gasteiger charge is -2.37. The fraction of sp³-hybridized carbons (Fsp3) is 1.00. The third-order valence-electron chi connectivity index (χ3n) is 4.99. The van der Waals surface area contributed by atoms with Crippen LogP contribution in [-0.4, -0.2) is 24.4 Å². The van der Waals surface area contributed by atoms with Crippen LogP contribution in [0.1, 0.15) is 52.4 Å². The van der Waals surface area contributed by atoms with E-state index in [4.69, 9.17) is 4.74 Å². The van der Waals surface area contributed by atoms with E-state index in [1.54, 1.807) is 0 Å². The van der Waals surface area contributed by atoms with Gasteiger partial charge < -0.3 is 9.84 Å². The van der Waals surface area contributed by atoms with E-state index in [1.165, 1.54) is 25.7 Å². The van der Waals surface area contributed by atoms with E-state index in [2.05, 4.69) is 13.8 Å². The van der Waals surface area contributed by atoms with E-state index in [0.717, 1.165) is 37.9 Å². The number of ether oxygens (including phenoxy) is 1. The molecule has 2 fully saturated rings. The second kappa shape index (κ2) is 6.19. The van der Waals surface area contributed by atoms with Crippen LogP contribution in [0.2, 0.25) is 0 Å². The van der Waals surface area contributed by atoms with Crippen LogP contribution in [0.4, 0.5) is 0 Å². The van der Waals surface area contributed by atoms with Crippen molar-refractivity contribution in [1.82, 2.24) is 0 Å². The highest BCUT2D eigenvalue weighted by Crippen LogP contribution is 2.37. The van der Waals surface area contributed by atoms with Crippen molar-refractivity contribution in [1.29, 1.82) is 0 Å². The number of hydrogen-bond donors (Lipinski definition) is 1. The first-order valence-corrected chi connectivity index (χ1v) is 7.44. The van der Waals surface area contributed by atoms with Gasteiger partial charge in [-0.2, -0.15) is 0 Å². The Hall–Kier alpha value is -0.0800. The summed E-state index contributed by atoms with van der Waals surface area (Å²) in [6, 6.07) is 0. The molecule has 2 aliphatic rings. The maximum absolute atomic E-state index is 10.5. The molecule has 1 unspecified atom stereocenters. The highest BCUT2D eigenvalue weighted by Gasteiger charge is 2.32. The van der Waals surface area contributed by atoms with Crippen molar-refractivity contribution >= 4 is 0 Å². The Morgan fingerprint density at radius 1 is 0.824 bits per heavy atom. The lowest BCUT2D eigenvalue weighted by molar-refractivity contribution is -0.0297. The number of hydrogen-bond acceptors (Lipinski definition) is 2. The smallest absolute Gasteiger partial charge is 0.0598 e. The average Bonchev–Trinajstić information content (AvgIpc) is 2.39. The van der Waals surface area contributed by atoms with E-state index >= 15 is 0 Å². The van der Waals surface area contributed by atoms with E-state index in [0.29, 0.717) is 11.8 Å². The normalized spacial score (nSPS) is 33.9. The zero-order chi connectivity index (χ0) is 12.3. The Balaban J connectivity index is 1.79. The van der Waals surface area contributed by atoms with Gasteiger partial charge in [0.05, 0.1) is 6.10 Å². The summed E-state index contributed by atoms with van der Waals surface area (Å²) in [5, 5.41) is 10.5. The van der Waals surface area contributed by atoms with Gasteiger partial charge in [0.1, 0.15) is 0 Å². The number of rotatable bonds is 3. The summed E-state index contributed by atoms with van der Waals surface area (Å²) >= 11 is 0. The summed E-state index contributed by atoms with van der Waals surface area (Å²) in [4.78, 5) is 0.